The number of nitrogens with two attached hydrogens (primary N) is 1. The summed E-state index contributed by atoms with van der Waals surface area (Å²) in [6.07, 6.45) is 0.553. The van der Waals surface area contributed by atoms with E-state index in [0.29, 0.717) is 15.6 Å². The van der Waals surface area contributed by atoms with Gasteiger partial charge in [-0.25, -0.2) is 0 Å². The molecule has 0 saturated carbocycles. The van der Waals surface area contributed by atoms with Crippen molar-refractivity contribution in [3.63, 3.8) is 0 Å². The van der Waals surface area contributed by atoms with Crippen LogP contribution in [0.3, 0.4) is 0 Å². The molecule has 3 nitrogen and oxygen atoms in total. The van der Waals surface area contributed by atoms with Crippen LogP contribution in [0.15, 0.2) is 34.9 Å². The predicted octanol–water partition coefficient (Wildman–Crippen LogP) is 4.02. The third-order valence-electron chi connectivity index (χ3n) is 2.97. The first-order valence-corrected chi connectivity index (χ1v) is 6.74. The largest absolute Gasteiger partial charge is 0.453 e. The Morgan fingerprint density at radius 1 is 1.16 bits per heavy atom. The Morgan fingerprint density at radius 3 is 2.42 bits per heavy atom. The summed E-state index contributed by atoms with van der Waals surface area (Å²) in [6.45, 7) is 0.237. The Hall–Kier alpha value is -0.710. The number of rotatable bonds is 4. The van der Waals surface area contributed by atoms with Gasteiger partial charge >= 0.3 is 0 Å². The van der Waals surface area contributed by atoms with E-state index in [-0.39, 0.29) is 17.7 Å². The van der Waals surface area contributed by atoms with E-state index in [9.17, 15) is 5.11 Å². The van der Waals surface area contributed by atoms with Crippen LogP contribution in [0.5, 0.6) is 0 Å². The van der Waals surface area contributed by atoms with E-state index >= 15 is 0 Å². The molecule has 0 fully saturated rings. The zero-order valence-corrected chi connectivity index (χ0v) is 12.1. The fourth-order valence-corrected chi connectivity index (χ4v) is 2.46. The molecule has 1 aromatic carbocycles. The van der Waals surface area contributed by atoms with Crippen LogP contribution < -0.4 is 5.73 Å². The summed E-state index contributed by atoms with van der Waals surface area (Å²) < 4.78 is 4.98. The molecule has 2 atom stereocenters. The van der Waals surface area contributed by atoms with Gasteiger partial charge in [-0.15, -0.1) is 0 Å². The lowest BCUT2D eigenvalue weighted by Gasteiger charge is -2.21. The SMILES string of the molecule is NCC(c1ccc(Cl)c(Cl)c1)C(O)c1ccoc1Cl. The van der Waals surface area contributed by atoms with Crippen LogP contribution in [0.2, 0.25) is 15.3 Å². The van der Waals surface area contributed by atoms with Gasteiger partial charge in [0.25, 0.3) is 0 Å². The molecule has 0 aliphatic heterocycles. The Kier molecular flexibility index (Phi) is 4.76. The number of halogens is 3. The van der Waals surface area contributed by atoms with Gasteiger partial charge in [0.15, 0.2) is 5.22 Å². The van der Waals surface area contributed by atoms with Gasteiger partial charge in [0.2, 0.25) is 0 Å². The quantitative estimate of drug-likeness (QED) is 0.894. The first kappa shape index (κ1) is 14.7. The molecular weight excluding hydrogens is 309 g/mol. The molecule has 0 aliphatic rings. The van der Waals surface area contributed by atoms with Crippen LogP contribution in [0.4, 0.5) is 0 Å². The number of aliphatic hydroxyl groups excluding tert-OH is 1. The molecule has 0 aliphatic carbocycles. The van der Waals surface area contributed by atoms with E-state index in [0.717, 1.165) is 5.56 Å². The van der Waals surface area contributed by atoms with Crippen molar-refractivity contribution in [1.29, 1.82) is 0 Å². The molecule has 19 heavy (non-hydrogen) atoms. The first-order chi connectivity index (χ1) is 9.04. The average Bonchev–Trinajstić information content (AvgIpc) is 2.80. The highest BCUT2D eigenvalue weighted by Gasteiger charge is 2.25. The third-order valence-corrected chi connectivity index (χ3v) is 4.02. The van der Waals surface area contributed by atoms with Crippen molar-refractivity contribution >= 4 is 34.8 Å². The highest BCUT2D eigenvalue weighted by molar-refractivity contribution is 6.42. The lowest BCUT2D eigenvalue weighted by molar-refractivity contribution is 0.147. The van der Waals surface area contributed by atoms with E-state index in [1.807, 2.05) is 0 Å². The molecule has 102 valence electrons. The van der Waals surface area contributed by atoms with Crippen molar-refractivity contribution in [3.05, 3.63) is 56.9 Å². The van der Waals surface area contributed by atoms with Crippen molar-refractivity contribution in [2.75, 3.05) is 6.54 Å². The molecule has 2 aromatic rings. The summed E-state index contributed by atoms with van der Waals surface area (Å²) in [6, 6.07) is 6.76. The molecule has 3 N–H and O–H groups in total. The van der Waals surface area contributed by atoms with Crippen molar-refractivity contribution in [1.82, 2.24) is 0 Å². The van der Waals surface area contributed by atoms with Crippen molar-refractivity contribution < 1.29 is 9.52 Å². The monoisotopic (exact) mass is 319 g/mol. The van der Waals surface area contributed by atoms with E-state index in [1.54, 1.807) is 24.3 Å². The molecule has 0 amide bonds. The number of furan rings is 1. The van der Waals surface area contributed by atoms with Gasteiger partial charge in [0, 0.05) is 18.0 Å². The maximum atomic E-state index is 10.4. The Morgan fingerprint density at radius 2 is 1.89 bits per heavy atom. The van der Waals surface area contributed by atoms with Gasteiger partial charge in [0.1, 0.15) is 0 Å². The van der Waals surface area contributed by atoms with E-state index in [2.05, 4.69) is 0 Å². The van der Waals surface area contributed by atoms with E-state index in [4.69, 9.17) is 45.0 Å². The second-order valence-corrected chi connectivity index (χ2v) is 5.27. The third kappa shape index (κ3) is 3.07. The normalized spacial score (nSPS) is 14.4. The van der Waals surface area contributed by atoms with Crippen LogP contribution in [0.1, 0.15) is 23.1 Å². The van der Waals surface area contributed by atoms with Crippen LogP contribution >= 0.6 is 34.8 Å². The molecule has 0 radical (unpaired) electrons. The summed E-state index contributed by atoms with van der Waals surface area (Å²) in [7, 11) is 0. The smallest absolute Gasteiger partial charge is 0.198 e. The number of benzene rings is 1. The minimum Gasteiger partial charge on any atom is -0.453 e. The fraction of sp³-hybridized carbons (Fsp3) is 0.231. The molecule has 0 bridgehead atoms. The summed E-state index contributed by atoms with van der Waals surface area (Å²) in [5, 5.41) is 11.4. The first-order valence-electron chi connectivity index (χ1n) is 5.60. The number of hydrogen-bond acceptors (Lipinski definition) is 3. The van der Waals surface area contributed by atoms with Crippen LogP contribution in [-0.4, -0.2) is 11.7 Å². The summed E-state index contributed by atoms with van der Waals surface area (Å²) >= 11 is 17.7. The molecule has 1 heterocycles. The topological polar surface area (TPSA) is 59.4 Å². The molecule has 0 spiro atoms. The average molecular weight is 321 g/mol. The maximum Gasteiger partial charge on any atom is 0.198 e. The molecular formula is C13H12Cl3NO2. The minimum atomic E-state index is -0.867. The van der Waals surface area contributed by atoms with Crippen LogP contribution in [-0.2, 0) is 0 Å². The molecule has 6 heteroatoms. The van der Waals surface area contributed by atoms with Crippen LogP contribution in [0, 0.1) is 0 Å². The zero-order chi connectivity index (χ0) is 14.0. The second kappa shape index (κ2) is 6.16. The summed E-state index contributed by atoms with van der Waals surface area (Å²) in [5.74, 6) is -0.343. The van der Waals surface area contributed by atoms with Gasteiger partial charge in [-0.2, -0.15) is 0 Å². The van der Waals surface area contributed by atoms with Crippen molar-refractivity contribution in [2.45, 2.75) is 12.0 Å². The standard InChI is InChI=1S/C13H12Cl3NO2/c14-10-2-1-7(5-11(10)15)9(6-17)12(18)8-3-4-19-13(8)16/h1-5,9,12,18H,6,17H2. The lowest BCUT2D eigenvalue weighted by atomic mass is 9.90. The number of aliphatic hydroxyl groups is 1. The zero-order valence-electron chi connectivity index (χ0n) is 9.82. The van der Waals surface area contributed by atoms with Gasteiger partial charge in [-0.05, 0) is 35.4 Å². The van der Waals surface area contributed by atoms with Crippen molar-refractivity contribution in [3.8, 4) is 0 Å². The van der Waals surface area contributed by atoms with Crippen molar-refractivity contribution in [2.24, 2.45) is 5.73 Å². The van der Waals surface area contributed by atoms with Gasteiger partial charge in [-0.3, -0.25) is 0 Å². The summed E-state index contributed by atoms with van der Waals surface area (Å²) in [4.78, 5) is 0. The van der Waals surface area contributed by atoms with Gasteiger partial charge in [-0.1, -0.05) is 29.3 Å². The molecule has 2 unspecified atom stereocenters. The fourth-order valence-electron chi connectivity index (χ4n) is 1.92. The Labute approximate surface area is 125 Å². The Bertz CT molecular complexity index is 571. The second-order valence-electron chi connectivity index (χ2n) is 4.11. The van der Waals surface area contributed by atoms with E-state index in [1.165, 1.54) is 6.26 Å². The minimum absolute atomic E-state index is 0.158. The van der Waals surface area contributed by atoms with Gasteiger partial charge < -0.3 is 15.3 Å². The predicted molar refractivity (Wildman–Crippen MR) is 76.9 cm³/mol. The molecule has 0 saturated heterocycles. The van der Waals surface area contributed by atoms with Gasteiger partial charge in [0.05, 0.1) is 22.4 Å². The molecule has 1 aromatic heterocycles. The summed E-state index contributed by atoms with van der Waals surface area (Å²) in [5.41, 5.74) is 7.04. The maximum absolute atomic E-state index is 10.4. The number of hydrogen-bond donors (Lipinski definition) is 2. The molecule has 2 rings (SSSR count). The van der Waals surface area contributed by atoms with Crippen LogP contribution in [0.25, 0.3) is 0 Å². The highest BCUT2D eigenvalue weighted by Crippen LogP contribution is 2.36. The van der Waals surface area contributed by atoms with E-state index < -0.39 is 6.10 Å². The highest BCUT2D eigenvalue weighted by atomic mass is 35.5. The Balaban J connectivity index is 2.34. The lowest BCUT2D eigenvalue weighted by Crippen LogP contribution is -2.20.